The van der Waals surface area contributed by atoms with Crippen molar-refractivity contribution in [2.75, 3.05) is 20.2 Å². The normalized spacial score (nSPS) is 15.2. The van der Waals surface area contributed by atoms with E-state index in [0.29, 0.717) is 11.3 Å². The van der Waals surface area contributed by atoms with Crippen LogP contribution in [0.3, 0.4) is 0 Å². The van der Waals surface area contributed by atoms with Crippen molar-refractivity contribution < 1.29 is 23.5 Å². The van der Waals surface area contributed by atoms with Crippen LogP contribution in [0, 0.1) is 12.7 Å². The molecule has 0 unspecified atom stereocenters. The lowest BCUT2D eigenvalue weighted by molar-refractivity contribution is -0.123. The standard InChI is InChI=1S/C23H21FN2O4S/c1-15-3-9-19(30-2)17(13-15)6-10-21(27)25-11-12-26-22(28)20(31-23(26)29)14-16-4-7-18(24)8-5-16/h3-10,13-14H,11-12H2,1-2H3,(H,25,27)/b10-6+,20-14-. The van der Waals surface area contributed by atoms with Gasteiger partial charge in [0.2, 0.25) is 5.91 Å². The highest BCUT2D eigenvalue weighted by Gasteiger charge is 2.34. The Balaban J connectivity index is 1.55. The minimum absolute atomic E-state index is 0.0543. The second-order valence-electron chi connectivity index (χ2n) is 6.75. The minimum atomic E-state index is -0.436. The lowest BCUT2D eigenvalue weighted by atomic mass is 10.1. The van der Waals surface area contributed by atoms with E-state index in [0.717, 1.165) is 27.8 Å². The topological polar surface area (TPSA) is 75.7 Å². The Labute approximate surface area is 183 Å². The highest BCUT2D eigenvalue weighted by atomic mass is 32.2. The number of amides is 3. The molecule has 0 bridgehead atoms. The Kier molecular flexibility index (Phi) is 7.25. The third kappa shape index (κ3) is 5.82. The molecule has 2 aromatic carbocycles. The Morgan fingerprint density at radius 1 is 1.19 bits per heavy atom. The number of nitrogens with zero attached hydrogens (tertiary/aromatic N) is 1. The van der Waals surface area contributed by atoms with Gasteiger partial charge in [0, 0.05) is 24.7 Å². The smallest absolute Gasteiger partial charge is 0.293 e. The Bertz CT molecular complexity index is 1060. The molecule has 0 radical (unpaired) electrons. The summed E-state index contributed by atoms with van der Waals surface area (Å²) in [5.41, 5.74) is 2.43. The monoisotopic (exact) mass is 440 g/mol. The van der Waals surface area contributed by atoms with E-state index in [1.54, 1.807) is 19.3 Å². The van der Waals surface area contributed by atoms with Gasteiger partial charge in [-0.3, -0.25) is 19.3 Å². The molecule has 3 rings (SSSR count). The van der Waals surface area contributed by atoms with E-state index < -0.39 is 11.1 Å². The van der Waals surface area contributed by atoms with Crippen LogP contribution in [-0.4, -0.2) is 42.2 Å². The van der Waals surface area contributed by atoms with Gasteiger partial charge < -0.3 is 10.1 Å². The van der Waals surface area contributed by atoms with Crippen molar-refractivity contribution in [1.29, 1.82) is 0 Å². The van der Waals surface area contributed by atoms with Gasteiger partial charge >= 0.3 is 0 Å². The van der Waals surface area contributed by atoms with Gasteiger partial charge in [-0.25, -0.2) is 4.39 Å². The van der Waals surface area contributed by atoms with Crippen molar-refractivity contribution in [1.82, 2.24) is 10.2 Å². The summed E-state index contributed by atoms with van der Waals surface area (Å²) in [6.07, 6.45) is 4.56. The van der Waals surface area contributed by atoms with Gasteiger partial charge in [-0.1, -0.05) is 23.8 Å². The summed E-state index contributed by atoms with van der Waals surface area (Å²) in [6, 6.07) is 11.3. The average molecular weight is 440 g/mol. The maximum absolute atomic E-state index is 13.0. The number of benzene rings is 2. The number of halogens is 1. The molecule has 1 aliphatic rings. The van der Waals surface area contributed by atoms with Crippen molar-refractivity contribution in [2.24, 2.45) is 0 Å². The third-order valence-electron chi connectivity index (χ3n) is 4.48. The van der Waals surface area contributed by atoms with Crippen LogP contribution in [-0.2, 0) is 9.59 Å². The second-order valence-corrected chi connectivity index (χ2v) is 7.75. The molecule has 0 aliphatic carbocycles. The Hall–Kier alpha value is -3.39. The fourth-order valence-corrected chi connectivity index (χ4v) is 3.77. The number of hydrogen-bond donors (Lipinski definition) is 1. The van der Waals surface area contributed by atoms with E-state index in [-0.39, 0.29) is 29.7 Å². The summed E-state index contributed by atoms with van der Waals surface area (Å²) in [7, 11) is 1.56. The molecule has 1 heterocycles. The summed E-state index contributed by atoms with van der Waals surface area (Å²) in [4.78, 5) is 38.1. The number of hydrogen-bond acceptors (Lipinski definition) is 5. The molecule has 0 aromatic heterocycles. The molecule has 3 amide bonds. The van der Waals surface area contributed by atoms with Gasteiger partial charge in [0.25, 0.3) is 11.1 Å². The summed E-state index contributed by atoms with van der Waals surface area (Å²) in [5, 5.41) is 2.25. The fourth-order valence-electron chi connectivity index (χ4n) is 2.90. The maximum Gasteiger partial charge on any atom is 0.293 e. The summed E-state index contributed by atoms with van der Waals surface area (Å²) < 4.78 is 18.3. The second kappa shape index (κ2) is 10.1. The predicted molar refractivity (Wildman–Crippen MR) is 119 cm³/mol. The quantitative estimate of drug-likeness (QED) is 0.659. The first-order valence-electron chi connectivity index (χ1n) is 9.49. The number of aryl methyl sites for hydroxylation is 1. The number of rotatable bonds is 7. The van der Waals surface area contributed by atoms with E-state index in [9.17, 15) is 18.8 Å². The van der Waals surface area contributed by atoms with Gasteiger partial charge in [-0.05, 0) is 60.7 Å². The largest absolute Gasteiger partial charge is 0.496 e. The summed E-state index contributed by atoms with van der Waals surface area (Å²) in [6.45, 7) is 2.12. The van der Waals surface area contributed by atoms with Crippen LogP contribution < -0.4 is 10.1 Å². The van der Waals surface area contributed by atoms with Crippen LogP contribution in [0.5, 0.6) is 5.75 Å². The Morgan fingerprint density at radius 3 is 2.65 bits per heavy atom. The Morgan fingerprint density at radius 2 is 1.94 bits per heavy atom. The zero-order chi connectivity index (χ0) is 22.4. The highest BCUT2D eigenvalue weighted by molar-refractivity contribution is 8.18. The molecule has 2 aromatic rings. The molecule has 1 aliphatic heterocycles. The molecular weight excluding hydrogens is 419 g/mol. The van der Waals surface area contributed by atoms with Gasteiger partial charge in [0.1, 0.15) is 11.6 Å². The summed E-state index contributed by atoms with van der Waals surface area (Å²) in [5.74, 6) is -0.512. The highest BCUT2D eigenvalue weighted by Crippen LogP contribution is 2.31. The molecule has 0 atom stereocenters. The molecule has 0 spiro atoms. The van der Waals surface area contributed by atoms with Crippen LogP contribution in [0.25, 0.3) is 12.2 Å². The van der Waals surface area contributed by atoms with Gasteiger partial charge in [0.15, 0.2) is 0 Å². The lowest BCUT2D eigenvalue weighted by Crippen LogP contribution is -2.36. The minimum Gasteiger partial charge on any atom is -0.496 e. The van der Waals surface area contributed by atoms with Crippen molar-refractivity contribution in [2.45, 2.75) is 6.92 Å². The molecule has 160 valence electrons. The molecule has 1 saturated heterocycles. The first kappa shape index (κ1) is 22.3. The number of carbonyl (C=O) groups is 3. The molecule has 31 heavy (non-hydrogen) atoms. The first-order valence-corrected chi connectivity index (χ1v) is 10.3. The molecule has 8 heteroatoms. The maximum atomic E-state index is 13.0. The number of imide groups is 1. The fraction of sp³-hybridized carbons (Fsp3) is 0.174. The number of nitrogens with one attached hydrogen (secondary N) is 1. The van der Waals surface area contributed by atoms with Gasteiger partial charge in [-0.2, -0.15) is 0 Å². The van der Waals surface area contributed by atoms with Gasteiger partial charge in [0.05, 0.1) is 12.0 Å². The predicted octanol–water partition coefficient (Wildman–Crippen LogP) is 4.01. The van der Waals surface area contributed by atoms with E-state index >= 15 is 0 Å². The van der Waals surface area contributed by atoms with Crippen molar-refractivity contribution in [3.05, 3.63) is 76.0 Å². The number of ether oxygens (including phenoxy) is 1. The average Bonchev–Trinajstić information content (AvgIpc) is 3.01. The molecule has 1 N–H and O–H groups in total. The van der Waals surface area contributed by atoms with Crippen LogP contribution in [0.1, 0.15) is 16.7 Å². The zero-order valence-corrected chi connectivity index (χ0v) is 17.9. The molecule has 0 saturated carbocycles. The number of methoxy groups -OCH3 is 1. The van der Waals surface area contributed by atoms with Gasteiger partial charge in [-0.15, -0.1) is 0 Å². The first-order chi connectivity index (χ1) is 14.9. The van der Waals surface area contributed by atoms with E-state index in [2.05, 4.69) is 5.32 Å². The lowest BCUT2D eigenvalue weighted by Gasteiger charge is -2.12. The summed E-state index contributed by atoms with van der Waals surface area (Å²) >= 11 is 0.817. The number of carbonyl (C=O) groups excluding carboxylic acids is 3. The van der Waals surface area contributed by atoms with E-state index in [1.807, 2.05) is 25.1 Å². The van der Waals surface area contributed by atoms with E-state index in [1.165, 1.54) is 30.3 Å². The van der Waals surface area contributed by atoms with Crippen molar-refractivity contribution >= 4 is 41.0 Å². The van der Waals surface area contributed by atoms with Crippen LogP contribution in [0.4, 0.5) is 9.18 Å². The SMILES string of the molecule is COc1ccc(C)cc1/C=C/C(=O)NCCN1C(=O)S/C(=C\c2ccc(F)cc2)C1=O. The van der Waals surface area contributed by atoms with E-state index in [4.69, 9.17) is 4.74 Å². The molecular formula is C23H21FN2O4S. The van der Waals surface area contributed by atoms with Crippen LogP contribution in [0.15, 0.2) is 53.4 Å². The van der Waals surface area contributed by atoms with Crippen LogP contribution >= 0.6 is 11.8 Å². The molecule has 6 nitrogen and oxygen atoms in total. The zero-order valence-electron chi connectivity index (χ0n) is 17.1. The van der Waals surface area contributed by atoms with Crippen molar-refractivity contribution in [3.63, 3.8) is 0 Å². The third-order valence-corrected chi connectivity index (χ3v) is 5.38. The molecule has 1 fully saturated rings. The van der Waals surface area contributed by atoms with Crippen molar-refractivity contribution in [3.8, 4) is 5.75 Å². The number of thioether (sulfide) groups is 1. The van der Waals surface area contributed by atoms with Crippen LogP contribution in [0.2, 0.25) is 0 Å².